The number of nitrogens with one attached hydrogen (secondary N) is 1. The molecule has 1 aromatic carbocycles. The number of para-hydroxylation sites is 1. The van der Waals surface area contributed by atoms with E-state index in [1.807, 2.05) is 47.0 Å². The molecule has 2 aliphatic rings. The van der Waals surface area contributed by atoms with Crippen molar-refractivity contribution in [2.24, 2.45) is 18.9 Å². The first-order valence-electron chi connectivity index (χ1n) is 11.5. The van der Waals surface area contributed by atoms with Gasteiger partial charge in [0.1, 0.15) is 0 Å². The SMILES string of the molecule is Cn1cc(C(=O)N2C[C@@H]3[C@@H](CNC(=O)c4ccncc4)CO[C@@H]3C2)c2ccccc21.O=C(O)C(F)(F)F. The number of aromatic nitrogens is 2. The molecule has 2 N–H and O–H groups in total. The molecule has 0 unspecified atom stereocenters. The molecule has 0 bridgehead atoms. The molecule has 37 heavy (non-hydrogen) atoms. The maximum absolute atomic E-state index is 13.2. The van der Waals surface area contributed by atoms with E-state index < -0.39 is 12.1 Å². The van der Waals surface area contributed by atoms with Gasteiger partial charge >= 0.3 is 12.1 Å². The Morgan fingerprint density at radius 3 is 2.49 bits per heavy atom. The van der Waals surface area contributed by atoms with Crippen LogP contribution < -0.4 is 5.32 Å². The minimum Gasteiger partial charge on any atom is -0.475 e. The molecule has 0 aliphatic carbocycles. The molecule has 196 valence electrons. The van der Waals surface area contributed by atoms with Crippen molar-refractivity contribution in [3.63, 3.8) is 0 Å². The van der Waals surface area contributed by atoms with Gasteiger partial charge in [-0.3, -0.25) is 14.6 Å². The van der Waals surface area contributed by atoms with E-state index in [-0.39, 0.29) is 29.8 Å². The lowest BCUT2D eigenvalue weighted by Gasteiger charge is -2.20. The Hall–Kier alpha value is -3.93. The third-order valence-corrected chi connectivity index (χ3v) is 6.56. The van der Waals surface area contributed by atoms with Gasteiger partial charge in [0, 0.05) is 73.6 Å². The van der Waals surface area contributed by atoms with E-state index in [9.17, 15) is 22.8 Å². The lowest BCUT2D eigenvalue weighted by molar-refractivity contribution is -0.192. The lowest BCUT2D eigenvalue weighted by atomic mass is 9.93. The van der Waals surface area contributed by atoms with Gasteiger partial charge in [0.2, 0.25) is 0 Å². The van der Waals surface area contributed by atoms with Crippen LogP contribution in [-0.4, -0.2) is 75.9 Å². The van der Waals surface area contributed by atoms with Crippen LogP contribution in [0.4, 0.5) is 13.2 Å². The summed E-state index contributed by atoms with van der Waals surface area (Å²) in [4.78, 5) is 40.3. The van der Waals surface area contributed by atoms with Crippen molar-refractivity contribution >= 4 is 28.7 Å². The number of likely N-dealkylation sites (tertiary alicyclic amines) is 1. The van der Waals surface area contributed by atoms with Crippen LogP contribution in [0.25, 0.3) is 10.9 Å². The number of pyridine rings is 1. The third-order valence-electron chi connectivity index (χ3n) is 6.56. The van der Waals surface area contributed by atoms with Crippen LogP contribution in [0.5, 0.6) is 0 Å². The van der Waals surface area contributed by atoms with Crippen molar-refractivity contribution < 1.29 is 37.4 Å². The van der Waals surface area contributed by atoms with Crippen LogP contribution in [0, 0.1) is 11.8 Å². The van der Waals surface area contributed by atoms with E-state index in [0.29, 0.717) is 31.8 Å². The number of ether oxygens (including phenoxy) is 1. The van der Waals surface area contributed by atoms with Gasteiger partial charge in [-0.05, 0) is 18.2 Å². The predicted molar refractivity (Wildman–Crippen MR) is 126 cm³/mol. The number of fused-ring (bicyclic) bond motifs is 2. The maximum atomic E-state index is 13.2. The number of halogens is 3. The number of aryl methyl sites for hydroxylation is 1. The quantitative estimate of drug-likeness (QED) is 0.549. The van der Waals surface area contributed by atoms with Crippen molar-refractivity contribution in [3.05, 3.63) is 66.1 Å². The number of hydrogen-bond acceptors (Lipinski definition) is 5. The maximum Gasteiger partial charge on any atom is 0.490 e. The van der Waals surface area contributed by atoms with Crippen molar-refractivity contribution in [1.82, 2.24) is 19.8 Å². The second kappa shape index (κ2) is 10.6. The van der Waals surface area contributed by atoms with E-state index in [4.69, 9.17) is 14.6 Å². The number of benzene rings is 1. The van der Waals surface area contributed by atoms with Gasteiger partial charge < -0.3 is 24.6 Å². The zero-order chi connectivity index (χ0) is 26.7. The Morgan fingerprint density at radius 1 is 1.14 bits per heavy atom. The Balaban J connectivity index is 0.000000405. The van der Waals surface area contributed by atoms with Crippen molar-refractivity contribution in [2.75, 3.05) is 26.2 Å². The van der Waals surface area contributed by atoms with E-state index in [0.717, 1.165) is 16.5 Å². The topological polar surface area (TPSA) is 114 Å². The molecule has 5 rings (SSSR count). The predicted octanol–water partition coefficient (Wildman–Crippen LogP) is 2.72. The van der Waals surface area contributed by atoms with Gasteiger partial charge in [-0.25, -0.2) is 4.79 Å². The number of nitrogens with zero attached hydrogens (tertiary/aromatic N) is 3. The summed E-state index contributed by atoms with van der Waals surface area (Å²) in [5.74, 6) is -2.38. The first-order chi connectivity index (χ1) is 17.6. The summed E-state index contributed by atoms with van der Waals surface area (Å²) in [5, 5.41) is 11.1. The summed E-state index contributed by atoms with van der Waals surface area (Å²) >= 11 is 0. The highest BCUT2D eigenvalue weighted by Gasteiger charge is 2.45. The van der Waals surface area contributed by atoms with Gasteiger partial charge in [-0.15, -0.1) is 0 Å². The minimum absolute atomic E-state index is 0.0340. The lowest BCUT2D eigenvalue weighted by Crippen LogP contribution is -2.35. The summed E-state index contributed by atoms with van der Waals surface area (Å²) in [6.45, 7) is 2.41. The summed E-state index contributed by atoms with van der Waals surface area (Å²) in [5.41, 5.74) is 2.38. The number of aliphatic carboxylic acids is 1. The number of carbonyl (C=O) groups excluding carboxylic acids is 2. The van der Waals surface area contributed by atoms with E-state index in [1.54, 1.807) is 24.5 Å². The molecule has 0 spiro atoms. The smallest absolute Gasteiger partial charge is 0.475 e. The summed E-state index contributed by atoms with van der Waals surface area (Å²) in [6, 6.07) is 11.4. The average molecular weight is 518 g/mol. The fourth-order valence-corrected chi connectivity index (χ4v) is 4.69. The van der Waals surface area contributed by atoms with Crippen LogP contribution in [0.1, 0.15) is 20.7 Å². The standard InChI is InChI=1S/C23H24N4O3.C2HF3O2/c1-26-11-19(17-4-2-3-5-20(17)26)23(29)27-12-18-16(14-30-21(18)13-27)10-25-22(28)15-6-8-24-9-7-15;3-2(4,5)1(6)7/h2-9,11,16,18,21H,10,12-14H2,1H3,(H,25,28);(H,6,7)/t16-,18+,21+;/m0./s1. The molecular weight excluding hydrogens is 493 g/mol. The van der Waals surface area contributed by atoms with E-state index in [1.165, 1.54) is 0 Å². The van der Waals surface area contributed by atoms with E-state index in [2.05, 4.69) is 10.3 Å². The molecular formula is C25H25F3N4O5. The molecule has 2 saturated heterocycles. The molecule has 9 nitrogen and oxygen atoms in total. The highest BCUT2D eigenvalue weighted by atomic mass is 19.4. The van der Waals surface area contributed by atoms with Crippen molar-refractivity contribution in [1.29, 1.82) is 0 Å². The van der Waals surface area contributed by atoms with E-state index >= 15 is 0 Å². The molecule has 2 fully saturated rings. The van der Waals surface area contributed by atoms with Gasteiger partial charge in [0.25, 0.3) is 11.8 Å². The average Bonchev–Trinajstić information content (AvgIpc) is 3.56. The van der Waals surface area contributed by atoms with Gasteiger partial charge in [-0.2, -0.15) is 13.2 Å². The minimum atomic E-state index is -5.08. The van der Waals surface area contributed by atoms with Crippen LogP contribution in [0.15, 0.2) is 55.0 Å². The Morgan fingerprint density at radius 2 is 1.81 bits per heavy atom. The Kier molecular flexibility index (Phi) is 7.48. The molecule has 2 amide bonds. The highest BCUT2D eigenvalue weighted by molar-refractivity contribution is 6.07. The molecule has 0 radical (unpaired) electrons. The molecule has 2 aromatic heterocycles. The fraction of sp³-hybridized carbons (Fsp3) is 0.360. The number of carbonyl (C=O) groups is 3. The van der Waals surface area contributed by atoms with Crippen LogP contribution in [-0.2, 0) is 16.6 Å². The fourth-order valence-electron chi connectivity index (χ4n) is 4.69. The number of rotatable bonds is 4. The number of alkyl halides is 3. The van der Waals surface area contributed by atoms with Crippen LogP contribution in [0.2, 0.25) is 0 Å². The van der Waals surface area contributed by atoms with Gasteiger partial charge in [-0.1, -0.05) is 18.2 Å². The molecule has 2 aliphatic heterocycles. The van der Waals surface area contributed by atoms with Crippen molar-refractivity contribution in [2.45, 2.75) is 12.3 Å². The largest absolute Gasteiger partial charge is 0.490 e. The number of carboxylic acids is 1. The first kappa shape index (κ1) is 26.1. The Bertz CT molecular complexity index is 1290. The zero-order valence-electron chi connectivity index (χ0n) is 19.8. The second-order valence-electron chi connectivity index (χ2n) is 8.93. The normalized spacial score (nSPS) is 20.8. The van der Waals surface area contributed by atoms with Crippen LogP contribution in [0.3, 0.4) is 0 Å². The van der Waals surface area contributed by atoms with Gasteiger partial charge in [0.05, 0.1) is 18.3 Å². The molecule has 3 atom stereocenters. The molecule has 4 heterocycles. The summed E-state index contributed by atoms with van der Waals surface area (Å²) in [6.07, 6.45) is 0.0788. The van der Waals surface area contributed by atoms with Crippen LogP contribution >= 0.6 is 0 Å². The Labute approximate surface area is 209 Å². The molecule has 3 aromatic rings. The zero-order valence-corrected chi connectivity index (χ0v) is 19.8. The third kappa shape index (κ3) is 5.74. The number of carboxylic acid groups (broad SMARTS) is 1. The second-order valence-corrected chi connectivity index (χ2v) is 8.93. The summed E-state index contributed by atoms with van der Waals surface area (Å²) in [7, 11) is 1.96. The number of hydrogen-bond donors (Lipinski definition) is 2. The number of amides is 2. The summed E-state index contributed by atoms with van der Waals surface area (Å²) < 4.78 is 39.7. The molecule has 0 saturated carbocycles. The highest BCUT2D eigenvalue weighted by Crippen LogP contribution is 2.35. The monoisotopic (exact) mass is 518 g/mol. The van der Waals surface area contributed by atoms with Gasteiger partial charge in [0.15, 0.2) is 0 Å². The first-order valence-corrected chi connectivity index (χ1v) is 11.5. The van der Waals surface area contributed by atoms with Crippen molar-refractivity contribution in [3.8, 4) is 0 Å². The molecule has 12 heteroatoms.